The first kappa shape index (κ1) is 73.5. The molecule has 0 aliphatic carbocycles. The molecule has 25 nitrogen and oxygen atoms in total. The third kappa shape index (κ3) is 23.2. The zero-order valence-corrected chi connectivity index (χ0v) is 51.4. The van der Waals surface area contributed by atoms with Crippen LogP contribution in [0, 0.1) is 23.2 Å². The molecular formula is C60H90ClN7O18. The van der Waals surface area contributed by atoms with E-state index in [0.29, 0.717) is 27.5 Å². The number of carboxylic acid groups (broad SMARTS) is 1. The molecule has 13 atom stereocenters. The highest BCUT2D eigenvalue weighted by Crippen LogP contribution is 2.30. The number of nitrogens with one attached hydrogen (secondary N) is 7. The summed E-state index contributed by atoms with van der Waals surface area (Å²) in [5.74, 6) is -8.11. The van der Waals surface area contributed by atoms with Gasteiger partial charge in [0.25, 0.3) is 0 Å². The van der Waals surface area contributed by atoms with Gasteiger partial charge in [-0.1, -0.05) is 89.6 Å². The molecule has 14 N–H and O–H groups in total. The monoisotopic (exact) mass is 1230 g/mol. The molecule has 86 heavy (non-hydrogen) atoms. The molecule has 2 aromatic carbocycles. The molecule has 26 heteroatoms. The van der Waals surface area contributed by atoms with Crippen molar-refractivity contribution >= 4 is 64.9 Å². The standard InChI is InChI=1S/C60H90ClN7O18/c1-31(2)25-42-58(83)86-45(13-11-14-48(73)65-41(27-37-19-23-46(85-10)39(61)26-37)56(81)64-35(7)60(8,9)59(84)67-42)34(6)52(77)33(5)38-20-17-36(18-21-38)28-63-55(80)40(22-24-47(72)62-29-43(70)53(78)54(79)44(71)30-69)66-57(82)51(32(3)4)68-49(74)15-12-16-50(75)76/h11,14,17-21,23,26,31-35,40-45,51-54,69-71,77-79H,12-13,15-16,22,24-25,27-30H2,1-10H3,(H,62,72)(H,63,80)(H,64,81)(H,65,73)(H,66,82)(H,67,84)(H,68,74)(H,75,76)/b14-11+/t33-,34+,35+,40+,41-,42+,43+,44-,45+,51+,52?,53-,54-/m1/s1. The zero-order valence-electron chi connectivity index (χ0n) is 50.6. The fourth-order valence-electron chi connectivity index (χ4n) is 9.23. The third-order valence-electron chi connectivity index (χ3n) is 15.3. The van der Waals surface area contributed by atoms with E-state index in [1.54, 1.807) is 90.9 Å². The topological polar surface area (TPSA) is 398 Å². The van der Waals surface area contributed by atoms with Crippen LogP contribution in [0.3, 0.4) is 0 Å². The number of cyclic esters (lactones) is 1. The fourth-order valence-corrected chi connectivity index (χ4v) is 9.51. The van der Waals surface area contributed by atoms with Gasteiger partial charge in [0.1, 0.15) is 54.3 Å². The Bertz CT molecular complexity index is 2640. The van der Waals surface area contributed by atoms with Crippen molar-refractivity contribution in [2.45, 2.75) is 193 Å². The summed E-state index contributed by atoms with van der Waals surface area (Å²) in [4.78, 5) is 120. The summed E-state index contributed by atoms with van der Waals surface area (Å²) in [5.41, 5.74) is 0.525. The number of benzene rings is 2. The lowest BCUT2D eigenvalue weighted by molar-refractivity contribution is -0.159. The summed E-state index contributed by atoms with van der Waals surface area (Å²) in [7, 11) is 1.46. The number of methoxy groups -OCH3 is 1. The number of amides is 7. The summed E-state index contributed by atoms with van der Waals surface area (Å²) in [6.07, 6.45) is -8.07. The van der Waals surface area contributed by atoms with Gasteiger partial charge in [-0.05, 0) is 86.8 Å². The molecule has 0 radical (unpaired) electrons. The van der Waals surface area contributed by atoms with Crippen LogP contribution in [0.2, 0.25) is 5.02 Å². The molecule has 480 valence electrons. The van der Waals surface area contributed by atoms with E-state index in [4.69, 9.17) is 31.3 Å². The van der Waals surface area contributed by atoms with Crippen LogP contribution in [0.5, 0.6) is 5.75 Å². The van der Waals surface area contributed by atoms with Gasteiger partial charge in [0.2, 0.25) is 41.4 Å². The highest BCUT2D eigenvalue weighted by molar-refractivity contribution is 6.32. The number of rotatable bonds is 29. The van der Waals surface area contributed by atoms with Crippen molar-refractivity contribution in [3.8, 4) is 5.75 Å². The number of carbonyl (C=O) groups is 9. The minimum absolute atomic E-state index is 0.00912. The molecule has 0 bridgehead atoms. The second-order valence-corrected chi connectivity index (χ2v) is 23.7. The van der Waals surface area contributed by atoms with Crippen molar-refractivity contribution in [2.24, 2.45) is 23.2 Å². The maximum absolute atomic E-state index is 14.2. The lowest BCUT2D eigenvalue weighted by Crippen LogP contribution is -2.58. The normalized spacial score (nSPS) is 21.3. The van der Waals surface area contributed by atoms with E-state index in [2.05, 4.69) is 37.2 Å². The summed E-state index contributed by atoms with van der Waals surface area (Å²) >= 11 is 6.40. The number of aliphatic carboxylic acids is 1. The minimum atomic E-state index is -1.96. The van der Waals surface area contributed by atoms with E-state index < -0.39 is 163 Å². The highest BCUT2D eigenvalue weighted by Gasteiger charge is 2.41. The Kier molecular flexibility index (Phi) is 30.1. The lowest BCUT2D eigenvalue weighted by atomic mass is 9.83. The predicted octanol–water partition coefficient (Wildman–Crippen LogP) is 0.939. The maximum atomic E-state index is 14.2. The number of esters is 1. The number of carbonyl (C=O) groups excluding carboxylic acids is 8. The summed E-state index contributed by atoms with van der Waals surface area (Å²) in [5, 5.41) is 89.1. The third-order valence-corrected chi connectivity index (χ3v) is 15.6. The number of ether oxygens (including phenoxy) is 2. The van der Waals surface area contributed by atoms with Gasteiger partial charge in [-0.3, -0.25) is 38.4 Å². The van der Waals surface area contributed by atoms with Gasteiger partial charge in [-0.25, -0.2) is 4.79 Å². The minimum Gasteiger partial charge on any atom is -0.495 e. The summed E-state index contributed by atoms with van der Waals surface area (Å²) < 4.78 is 11.4. The van der Waals surface area contributed by atoms with Crippen molar-refractivity contribution < 1.29 is 88.4 Å². The first-order valence-corrected chi connectivity index (χ1v) is 29.3. The van der Waals surface area contributed by atoms with Crippen molar-refractivity contribution in [1.29, 1.82) is 0 Å². The van der Waals surface area contributed by atoms with Gasteiger partial charge >= 0.3 is 11.9 Å². The van der Waals surface area contributed by atoms with Gasteiger partial charge in [-0.2, -0.15) is 0 Å². The SMILES string of the molecule is COc1ccc(C[C@H]2NC(=O)/C=C/C[C@@H]([C@H](C)C(O)[C@H](C)c3ccc(CNC(=O)[C@H](CCC(=O)NC[C@H](O)[C@@H](O)[C@H](O)[C@H](O)CO)NC(=O)[C@@H](NC(=O)CCCC(=O)O)C(C)C)cc3)OC(=O)[C@H](CC(C)C)NC(=O)C(C)(C)[C@H](C)NC2=O)cc1Cl. The van der Waals surface area contributed by atoms with Crippen LogP contribution in [0.1, 0.15) is 130 Å². The summed E-state index contributed by atoms with van der Waals surface area (Å²) in [6.45, 7) is 13.7. The van der Waals surface area contributed by atoms with Crippen LogP contribution >= 0.6 is 11.6 Å². The van der Waals surface area contributed by atoms with E-state index in [1.165, 1.54) is 19.3 Å². The molecule has 0 saturated heterocycles. The van der Waals surface area contributed by atoms with Crippen LogP contribution in [0.15, 0.2) is 54.6 Å². The first-order valence-electron chi connectivity index (χ1n) is 28.9. The van der Waals surface area contributed by atoms with Gasteiger partial charge in [0.15, 0.2) is 0 Å². The maximum Gasteiger partial charge on any atom is 0.328 e. The number of hydrogen-bond donors (Lipinski definition) is 14. The van der Waals surface area contributed by atoms with E-state index >= 15 is 0 Å². The molecular weight excluding hydrogens is 1140 g/mol. The smallest absolute Gasteiger partial charge is 0.328 e. The average Bonchev–Trinajstić information content (AvgIpc) is 2.68. The average molecular weight is 1230 g/mol. The van der Waals surface area contributed by atoms with Crippen LogP contribution < -0.4 is 42.0 Å². The van der Waals surface area contributed by atoms with Gasteiger partial charge in [0, 0.05) is 63.1 Å². The quantitative estimate of drug-likeness (QED) is 0.0504. The van der Waals surface area contributed by atoms with Crippen molar-refractivity contribution in [3.63, 3.8) is 0 Å². The van der Waals surface area contributed by atoms with Crippen LogP contribution in [-0.4, -0.2) is 176 Å². The molecule has 0 spiro atoms. The molecule has 1 aliphatic heterocycles. The van der Waals surface area contributed by atoms with E-state index in [-0.39, 0.29) is 57.4 Å². The van der Waals surface area contributed by atoms with Crippen LogP contribution in [0.4, 0.5) is 0 Å². The largest absolute Gasteiger partial charge is 0.495 e. The first-order chi connectivity index (χ1) is 40.3. The molecule has 7 amide bonds. The van der Waals surface area contributed by atoms with Crippen molar-refractivity contribution in [3.05, 3.63) is 76.3 Å². The number of aliphatic hydroxyl groups excluding tert-OH is 6. The van der Waals surface area contributed by atoms with E-state index in [9.17, 15) is 68.7 Å². The Morgan fingerprint density at radius 2 is 1.42 bits per heavy atom. The van der Waals surface area contributed by atoms with Crippen LogP contribution in [0.25, 0.3) is 0 Å². The number of hydrogen-bond acceptors (Lipinski definition) is 17. The molecule has 0 fully saturated rings. The Balaban J connectivity index is 1.87. The molecule has 1 aliphatic rings. The second-order valence-electron chi connectivity index (χ2n) is 23.3. The molecule has 2 aromatic rings. The Morgan fingerprint density at radius 1 is 0.779 bits per heavy atom. The van der Waals surface area contributed by atoms with Crippen LogP contribution in [-0.2, 0) is 60.9 Å². The van der Waals surface area contributed by atoms with Gasteiger partial charge in [-0.15, -0.1) is 0 Å². The Labute approximate surface area is 507 Å². The fraction of sp³-hybridized carbons (Fsp3) is 0.617. The predicted molar refractivity (Wildman–Crippen MR) is 315 cm³/mol. The highest BCUT2D eigenvalue weighted by atomic mass is 35.5. The number of carboxylic acids is 1. The lowest BCUT2D eigenvalue weighted by Gasteiger charge is -2.35. The van der Waals surface area contributed by atoms with Gasteiger partial charge < -0.3 is 82.4 Å². The summed E-state index contributed by atoms with van der Waals surface area (Å²) in [6, 6.07) is 6.13. The van der Waals surface area contributed by atoms with Gasteiger partial charge in [0.05, 0.1) is 36.4 Å². The Morgan fingerprint density at radius 3 is 2.01 bits per heavy atom. The zero-order chi connectivity index (χ0) is 64.7. The van der Waals surface area contributed by atoms with E-state index in [0.717, 1.165) is 0 Å². The molecule has 0 aromatic heterocycles. The molecule has 1 heterocycles. The molecule has 1 unspecified atom stereocenters. The van der Waals surface area contributed by atoms with Crippen molar-refractivity contribution in [1.82, 2.24) is 37.2 Å². The number of aliphatic hydroxyl groups is 6. The number of halogens is 1. The molecule has 3 rings (SSSR count). The van der Waals surface area contributed by atoms with Crippen molar-refractivity contribution in [2.75, 3.05) is 20.3 Å². The second kappa shape index (κ2) is 35.2. The Hall–Kier alpha value is -6.74. The van der Waals surface area contributed by atoms with E-state index in [1.807, 2.05) is 13.8 Å². The molecule has 0 saturated carbocycles.